The van der Waals surface area contributed by atoms with E-state index in [1.54, 1.807) is 24.7 Å². The molecule has 2 heterocycles. The molecule has 1 atom stereocenters. The number of hydrogen-bond donors (Lipinski definition) is 1. The van der Waals surface area contributed by atoms with Crippen molar-refractivity contribution < 1.29 is 0 Å². The lowest BCUT2D eigenvalue weighted by Crippen LogP contribution is -2.09. The number of aryl methyl sites for hydroxylation is 1. The van der Waals surface area contributed by atoms with Crippen molar-refractivity contribution in [2.75, 3.05) is 0 Å². The molecule has 82 valence electrons. The Bertz CT molecular complexity index is 481. The second-order valence-electron chi connectivity index (χ2n) is 3.60. The minimum Gasteiger partial charge on any atom is -0.324 e. The largest absolute Gasteiger partial charge is 0.324 e. The van der Waals surface area contributed by atoms with Crippen LogP contribution < -0.4 is 5.73 Å². The van der Waals surface area contributed by atoms with E-state index in [1.807, 2.05) is 13.8 Å². The molecule has 0 aliphatic rings. The van der Waals surface area contributed by atoms with Gasteiger partial charge in [-0.25, -0.2) is 19.9 Å². The molecule has 2 aromatic heterocycles. The van der Waals surface area contributed by atoms with Crippen LogP contribution in [0.2, 0.25) is 0 Å². The fourth-order valence-corrected chi connectivity index (χ4v) is 1.45. The van der Waals surface area contributed by atoms with Gasteiger partial charge in [0.15, 0.2) is 11.6 Å². The van der Waals surface area contributed by atoms with Gasteiger partial charge in [-0.2, -0.15) is 0 Å². The molecule has 0 saturated carbocycles. The maximum absolute atomic E-state index is 5.79. The van der Waals surface area contributed by atoms with Crippen molar-refractivity contribution in [3.63, 3.8) is 0 Å². The zero-order chi connectivity index (χ0) is 11.5. The first-order valence-corrected chi connectivity index (χ1v) is 5.05. The van der Waals surface area contributed by atoms with Crippen LogP contribution in [-0.2, 0) is 0 Å². The number of nitrogens with two attached hydrogens (primary N) is 1. The maximum Gasteiger partial charge on any atom is 0.197 e. The molecule has 2 N–H and O–H groups in total. The van der Waals surface area contributed by atoms with Gasteiger partial charge in [0, 0.05) is 35.9 Å². The summed E-state index contributed by atoms with van der Waals surface area (Å²) in [5.41, 5.74) is 7.60. The molecular formula is C11H13N5. The second kappa shape index (κ2) is 4.32. The molecule has 0 aliphatic carbocycles. The Hall–Kier alpha value is -1.88. The molecule has 2 aromatic rings. The van der Waals surface area contributed by atoms with Gasteiger partial charge in [-0.1, -0.05) is 0 Å². The second-order valence-corrected chi connectivity index (χ2v) is 3.60. The van der Waals surface area contributed by atoms with Gasteiger partial charge >= 0.3 is 0 Å². The highest BCUT2D eigenvalue weighted by Gasteiger charge is 2.09. The third-order valence-electron chi connectivity index (χ3n) is 2.27. The summed E-state index contributed by atoms with van der Waals surface area (Å²) in [4.78, 5) is 16.8. The summed E-state index contributed by atoms with van der Waals surface area (Å²) in [5, 5.41) is 0. The van der Waals surface area contributed by atoms with E-state index in [0.717, 1.165) is 11.3 Å². The van der Waals surface area contributed by atoms with Crippen molar-refractivity contribution in [3.05, 3.63) is 35.9 Å². The third-order valence-corrected chi connectivity index (χ3v) is 2.27. The standard InChI is InChI=1S/C11H13N5/c1-7(12)9-6-15-11(16-8(9)2)10-13-4-3-5-14-10/h3-7H,12H2,1-2H3/t7-/m0/s1. The fourth-order valence-electron chi connectivity index (χ4n) is 1.45. The lowest BCUT2D eigenvalue weighted by atomic mass is 10.1. The van der Waals surface area contributed by atoms with Gasteiger partial charge in [-0.3, -0.25) is 0 Å². The molecule has 2 rings (SSSR count). The summed E-state index contributed by atoms with van der Waals surface area (Å²) in [6, 6.07) is 1.69. The molecule has 0 amide bonds. The highest BCUT2D eigenvalue weighted by atomic mass is 15.0. The molecule has 0 aliphatic heterocycles. The van der Waals surface area contributed by atoms with Crippen LogP contribution in [0.5, 0.6) is 0 Å². The van der Waals surface area contributed by atoms with Crippen LogP contribution in [0.15, 0.2) is 24.7 Å². The van der Waals surface area contributed by atoms with Gasteiger partial charge in [0.1, 0.15) is 0 Å². The minimum atomic E-state index is -0.0641. The van der Waals surface area contributed by atoms with Crippen LogP contribution in [-0.4, -0.2) is 19.9 Å². The summed E-state index contributed by atoms with van der Waals surface area (Å²) >= 11 is 0. The fraction of sp³-hybridized carbons (Fsp3) is 0.273. The molecule has 0 bridgehead atoms. The Morgan fingerprint density at radius 2 is 1.81 bits per heavy atom. The summed E-state index contributed by atoms with van der Waals surface area (Å²) in [7, 11) is 0. The quantitative estimate of drug-likeness (QED) is 0.816. The number of hydrogen-bond acceptors (Lipinski definition) is 5. The number of nitrogens with zero attached hydrogens (tertiary/aromatic N) is 4. The Morgan fingerprint density at radius 1 is 1.12 bits per heavy atom. The van der Waals surface area contributed by atoms with Crippen molar-refractivity contribution in [2.45, 2.75) is 19.9 Å². The molecule has 0 radical (unpaired) electrons. The first-order chi connectivity index (χ1) is 7.68. The predicted molar refractivity (Wildman–Crippen MR) is 60.4 cm³/mol. The van der Waals surface area contributed by atoms with E-state index in [2.05, 4.69) is 19.9 Å². The first-order valence-electron chi connectivity index (χ1n) is 5.05. The average Bonchev–Trinajstić information content (AvgIpc) is 2.29. The molecule has 0 saturated heterocycles. The first kappa shape index (κ1) is 10.6. The highest BCUT2D eigenvalue weighted by Crippen LogP contribution is 2.15. The van der Waals surface area contributed by atoms with Gasteiger partial charge in [-0.05, 0) is 19.9 Å². The number of rotatable bonds is 2. The zero-order valence-electron chi connectivity index (χ0n) is 9.25. The molecule has 0 fully saturated rings. The predicted octanol–water partition coefficient (Wildman–Crippen LogP) is 1.26. The zero-order valence-corrected chi connectivity index (χ0v) is 9.25. The van der Waals surface area contributed by atoms with Crippen molar-refractivity contribution >= 4 is 0 Å². The van der Waals surface area contributed by atoms with E-state index in [9.17, 15) is 0 Å². The van der Waals surface area contributed by atoms with E-state index >= 15 is 0 Å². The van der Waals surface area contributed by atoms with Crippen LogP contribution >= 0.6 is 0 Å². The Balaban J connectivity index is 2.43. The maximum atomic E-state index is 5.79. The SMILES string of the molecule is Cc1nc(-c2ncccn2)ncc1[C@H](C)N. The van der Waals surface area contributed by atoms with E-state index in [0.29, 0.717) is 11.6 Å². The van der Waals surface area contributed by atoms with Gasteiger partial charge < -0.3 is 5.73 Å². The number of aromatic nitrogens is 4. The summed E-state index contributed by atoms with van der Waals surface area (Å²) in [5.74, 6) is 1.06. The monoisotopic (exact) mass is 215 g/mol. The summed E-state index contributed by atoms with van der Waals surface area (Å²) < 4.78 is 0. The van der Waals surface area contributed by atoms with E-state index in [4.69, 9.17) is 5.73 Å². The third kappa shape index (κ3) is 2.04. The van der Waals surface area contributed by atoms with Gasteiger partial charge in [0.25, 0.3) is 0 Å². The van der Waals surface area contributed by atoms with Gasteiger partial charge in [0.2, 0.25) is 0 Å². The van der Waals surface area contributed by atoms with Crippen molar-refractivity contribution in [1.82, 2.24) is 19.9 Å². The summed E-state index contributed by atoms with van der Waals surface area (Å²) in [6.07, 6.45) is 5.07. The topological polar surface area (TPSA) is 77.6 Å². The van der Waals surface area contributed by atoms with E-state index < -0.39 is 0 Å². The van der Waals surface area contributed by atoms with Gasteiger partial charge in [-0.15, -0.1) is 0 Å². The lowest BCUT2D eigenvalue weighted by Gasteiger charge is -2.08. The van der Waals surface area contributed by atoms with Crippen LogP contribution in [0.3, 0.4) is 0 Å². The Kier molecular flexibility index (Phi) is 2.87. The van der Waals surface area contributed by atoms with E-state index in [1.165, 1.54) is 0 Å². The molecule has 0 unspecified atom stereocenters. The Morgan fingerprint density at radius 3 is 2.38 bits per heavy atom. The van der Waals surface area contributed by atoms with Crippen LogP contribution in [0.1, 0.15) is 24.2 Å². The molecule has 16 heavy (non-hydrogen) atoms. The van der Waals surface area contributed by atoms with Crippen molar-refractivity contribution in [2.24, 2.45) is 5.73 Å². The molecule has 0 aromatic carbocycles. The Labute approximate surface area is 93.8 Å². The van der Waals surface area contributed by atoms with Crippen molar-refractivity contribution in [3.8, 4) is 11.6 Å². The average molecular weight is 215 g/mol. The van der Waals surface area contributed by atoms with Crippen molar-refractivity contribution in [1.29, 1.82) is 0 Å². The molecular weight excluding hydrogens is 202 g/mol. The highest BCUT2D eigenvalue weighted by molar-refractivity contribution is 5.43. The normalized spacial score (nSPS) is 12.4. The molecule has 5 nitrogen and oxygen atoms in total. The molecule has 0 spiro atoms. The summed E-state index contributed by atoms with van der Waals surface area (Å²) in [6.45, 7) is 3.82. The van der Waals surface area contributed by atoms with Gasteiger partial charge in [0.05, 0.1) is 0 Å². The van der Waals surface area contributed by atoms with Crippen LogP contribution in [0, 0.1) is 6.92 Å². The van der Waals surface area contributed by atoms with E-state index in [-0.39, 0.29) is 6.04 Å². The lowest BCUT2D eigenvalue weighted by molar-refractivity contribution is 0.789. The minimum absolute atomic E-state index is 0.0641. The molecule has 5 heteroatoms. The van der Waals surface area contributed by atoms with Crippen LogP contribution in [0.4, 0.5) is 0 Å². The smallest absolute Gasteiger partial charge is 0.197 e. The van der Waals surface area contributed by atoms with Crippen LogP contribution in [0.25, 0.3) is 11.6 Å².